The van der Waals surface area contributed by atoms with E-state index in [2.05, 4.69) is 44.1 Å². The largest absolute Gasteiger partial charge is 0.292 e. The number of hydrogen-bond acceptors (Lipinski definition) is 5. The first-order valence-corrected chi connectivity index (χ1v) is 10.3. The number of nitrogens with zero attached hydrogens (tertiary/aromatic N) is 3. The predicted octanol–water partition coefficient (Wildman–Crippen LogP) is 5.57. The van der Waals surface area contributed by atoms with Crippen molar-refractivity contribution in [1.82, 2.24) is 9.97 Å². The standard InChI is InChI=1S/C22H15ClIN5/c23-16-3-1-2-15(12-16)21-20-18(27-22(28-21)29-26)9-6-14(10-11-25)19(20)13-4-7-17(24)8-5-13/h1-9,12H,10,26H2,(H,27,28,29). The van der Waals surface area contributed by atoms with Crippen molar-refractivity contribution in [1.29, 1.82) is 5.26 Å². The number of benzene rings is 3. The van der Waals surface area contributed by atoms with Gasteiger partial charge >= 0.3 is 0 Å². The Morgan fingerprint density at radius 3 is 2.52 bits per heavy atom. The Hall–Kier alpha value is -2.73. The van der Waals surface area contributed by atoms with Crippen molar-refractivity contribution in [2.75, 3.05) is 5.43 Å². The van der Waals surface area contributed by atoms with Crippen LogP contribution in [0.5, 0.6) is 0 Å². The second kappa shape index (κ2) is 8.33. The van der Waals surface area contributed by atoms with E-state index in [4.69, 9.17) is 17.4 Å². The molecule has 29 heavy (non-hydrogen) atoms. The maximum atomic E-state index is 9.39. The second-order valence-electron chi connectivity index (χ2n) is 6.39. The number of rotatable bonds is 4. The van der Waals surface area contributed by atoms with Crippen molar-refractivity contribution in [2.45, 2.75) is 6.42 Å². The molecule has 3 N–H and O–H groups in total. The van der Waals surface area contributed by atoms with Crippen molar-refractivity contribution in [2.24, 2.45) is 5.84 Å². The minimum atomic E-state index is 0.281. The molecule has 0 saturated carbocycles. The van der Waals surface area contributed by atoms with Gasteiger partial charge in [0.05, 0.1) is 23.7 Å². The first-order valence-electron chi connectivity index (χ1n) is 8.80. The van der Waals surface area contributed by atoms with Gasteiger partial charge in [0.2, 0.25) is 5.95 Å². The van der Waals surface area contributed by atoms with E-state index >= 15 is 0 Å². The third-order valence-corrected chi connectivity index (χ3v) is 5.53. The number of hydrogen-bond donors (Lipinski definition) is 2. The molecule has 0 aliphatic rings. The maximum absolute atomic E-state index is 9.39. The highest BCUT2D eigenvalue weighted by molar-refractivity contribution is 14.1. The molecule has 0 radical (unpaired) electrons. The van der Waals surface area contributed by atoms with Crippen LogP contribution in [0.2, 0.25) is 5.02 Å². The first-order chi connectivity index (χ1) is 14.1. The van der Waals surface area contributed by atoms with Gasteiger partial charge in [-0.1, -0.05) is 41.9 Å². The predicted molar refractivity (Wildman–Crippen MR) is 125 cm³/mol. The van der Waals surface area contributed by atoms with Crippen molar-refractivity contribution >= 4 is 51.0 Å². The van der Waals surface area contributed by atoms with Gasteiger partial charge in [0.15, 0.2) is 0 Å². The summed E-state index contributed by atoms with van der Waals surface area (Å²) >= 11 is 8.52. The summed E-state index contributed by atoms with van der Waals surface area (Å²) in [6.45, 7) is 0. The lowest BCUT2D eigenvalue weighted by Crippen LogP contribution is -2.11. The molecule has 3 aromatic carbocycles. The molecule has 0 atom stereocenters. The summed E-state index contributed by atoms with van der Waals surface area (Å²) in [6.07, 6.45) is 0.281. The highest BCUT2D eigenvalue weighted by atomic mass is 127. The van der Waals surface area contributed by atoms with Crippen LogP contribution in [0.1, 0.15) is 5.56 Å². The zero-order chi connectivity index (χ0) is 20.4. The van der Waals surface area contributed by atoms with Crippen LogP contribution < -0.4 is 11.3 Å². The Kier molecular flexibility index (Phi) is 5.62. The highest BCUT2D eigenvalue weighted by Gasteiger charge is 2.18. The molecule has 0 aliphatic carbocycles. The molecule has 1 aromatic heterocycles. The van der Waals surface area contributed by atoms with Crippen molar-refractivity contribution in [3.63, 3.8) is 0 Å². The third-order valence-electron chi connectivity index (χ3n) is 4.58. The van der Waals surface area contributed by atoms with E-state index in [1.165, 1.54) is 0 Å². The number of halogens is 2. The summed E-state index contributed by atoms with van der Waals surface area (Å²) in [5.41, 5.74) is 7.70. The first kappa shape index (κ1) is 19.6. The number of aromatic nitrogens is 2. The Morgan fingerprint density at radius 2 is 1.83 bits per heavy atom. The molecule has 0 aliphatic heterocycles. The maximum Gasteiger partial charge on any atom is 0.238 e. The van der Waals surface area contributed by atoms with Crippen molar-refractivity contribution in [3.05, 3.63) is 74.8 Å². The van der Waals surface area contributed by atoms with Crippen molar-refractivity contribution in [3.8, 4) is 28.5 Å². The molecule has 0 fully saturated rings. The van der Waals surface area contributed by atoms with Crippen molar-refractivity contribution < 1.29 is 0 Å². The lowest BCUT2D eigenvalue weighted by molar-refractivity contribution is 1.15. The molecule has 5 nitrogen and oxygen atoms in total. The number of hydrazine groups is 1. The van der Waals surface area contributed by atoms with Crippen LogP contribution in [-0.4, -0.2) is 9.97 Å². The van der Waals surface area contributed by atoms with E-state index in [0.29, 0.717) is 16.7 Å². The molecule has 0 spiro atoms. The quantitative estimate of drug-likeness (QED) is 0.212. The molecule has 0 unspecified atom stereocenters. The third kappa shape index (κ3) is 3.90. The molecule has 0 amide bonds. The fraction of sp³-hybridized carbons (Fsp3) is 0.0455. The van der Waals surface area contributed by atoms with Gasteiger partial charge in [-0.2, -0.15) is 5.26 Å². The van der Waals surface area contributed by atoms with Gasteiger partial charge in [0.1, 0.15) is 0 Å². The van der Waals surface area contributed by atoms with E-state index in [9.17, 15) is 5.26 Å². The Balaban J connectivity index is 2.14. The lowest BCUT2D eigenvalue weighted by Gasteiger charge is -2.16. The zero-order valence-electron chi connectivity index (χ0n) is 15.2. The summed E-state index contributed by atoms with van der Waals surface area (Å²) in [6, 6.07) is 21.8. The Morgan fingerprint density at radius 1 is 1.03 bits per heavy atom. The molecule has 7 heteroatoms. The molecule has 4 rings (SSSR count). The number of nitrogens with one attached hydrogen (secondary N) is 1. The summed E-state index contributed by atoms with van der Waals surface area (Å²) in [4.78, 5) is 9.19. The van der Waals surface area contributed by atoms with Gasteiger partial charge in [-0.3, -0.25) is 5.43 Å². The van der Waals surface area contributed by atoms with E-state index in [1.807, 2.05) is 60.7 Å². The molecule has 142 valence electrons. The average Bonchev–Trinajstić information content (AvgIpc) is 2.74. The molecule has 0 bridgehead atoms. The topological polar surface area (TPSA) is 87.6 Å². The van der Waals surface area contributed by atoms with Crippen LogP contribution in [-0.2, 0) is 6.42 Å². The smallest absolute Gasteiger partial charge is 0.238 e. The Bertz CT molecular complexity index is 1250. The number of fused-ring (bicyclic) bond motifs is 1. The lowest BCUT2D eigenvalue weighted by atomic mass is 9.91. The number of nitriles is 1. The normalized spacial score (nSPS) is 10.7. The zero-order valence-corrected chi connectivity index (χ0v) is 18.1. The number of nitrogen functional groups attached to an aromatic ring is 1. The van der Waals surface area contributed by atoms with E-state index < -0.39 is 0 Å². The molecule has 0 saturated heterocycles. The van der Waals surface area contributed by atoms with Crippen LogP contribution >= 0.6 is 34.2 Å². The summed E-state index contributed by atoms with van der Waals surface area (Å²) in [5, 5.41) is 10.9. The van der Waals surface area contributed by atoms with Crippen LogP contribution in [0.4, 0.5) is 5.95 Å². The second-order valence-corrected chi connectivity index (χ2v) is 8.07. The molecule has 1 heterocycles. The van der Waals surface area contributed by atoms with E-state index in [-0.39, 0.29) is 6.42 Å². The fourth-order valence-electron chi connectivity index (χ4n) is 3.36. The fourth-order valence-corrected chi connectivity index (χ4v) is 3.91. The summed E-state index contributed by atoms with van der Waals surface area (Å²) in [7, 11) is 0. The SMILES string of the molecule is N#CCc1ccc2nc(NN)nc(-c3cccc(Cl)c3)c2c1-c1ccc(I)cc1. The summed E-state index contributed by atoms with van der Waals surface area (Å²) < 4.78 is 1.13. The van der Waals surface area contributed by atoms with Gasteiger partial charge in [-0.05, 0) is 69.6 Å². The van der Waals surface area contributed by atoms with Gasteiger partial charge in [0, 0.05) is 19.5 Å². The monoisotopic (exact) mass is 511 g/mol. The minimum absolute atomic E-state index is 0.281. The van der Waals surface area contributed by atoms with Gasteiger partial charge < -0.3 is 0 Å². The molecular weight excluding hydrogens is 497 g/mol. The molecule has 4 aromatic rings. The summed E-state index contributed by atoms with van der Waals surface area (Å²) in [5.74, 6) is 5.93. The van der Waals surface area contributed by atoms with Crippen LogP contribution in [0, 0.1) is 14.9 Å². The van der Waals surface area contributed by atoms with E-state index in [0.717, 1.165) is 36.7 Å². The minimum Gasteiger partial charge on any atom is -0.292 e. The van der Waals surface area contributed by atoms with Gasteiger partial charge in [-0.25, -0.2) is 15.8 Å². The average molecular weight is 512 g/mol. The number of anilines is 1. The van der Waals surface area contributed by atoms with Gasteiger partial charge in [-0.15, -0.1) is 0 Å². The van der Waals surface area contributed by atoms with Crippen LogP contribution in [0.25, 0.3) is 33.3 Å². The van der Waals surface area contributed by atoms with Crippen LogP contribution in [0.15, 0.2) is 60.7 Å². The Labute approximate surface area is 186 Å². The van der Waals surface area contributed by atoms with Gasteiger partial charge in [0.25, 0.3) is 0 Å². The molecular formula is C22H15ClIN5. The highest BCUT2D eigenvalue weighted by Crippen LogP contribution is 2.38. The number of nitrogens with two attached hydrogens (primary N) is 1. The van der Waals surface area contributed by atoms with E-state index in [1.54, 1.807) is 0 Å². The van der Waals surface area contributed by atoms with Crippen LogP contribution in [0.3, 0.4) is 0 Å².